The summed E-state index contributed by atoms with van der Waals surface area (Å²) in [6, 6.07) is 17.8. The fourth-order valence-corrected chi connectivity index (χ4v) is 2.12. The fraction of sp³-hybridized carbons (Fsp3) is 0.200. The molecule has 0 atom stereocenters. The molecule has 0 bridgehead atoms. The Balaban J connectivity index is 0. The normalized spacial score (nSPS) is 9.88. The maximum Gasteiger partial charge on any atom is 0.0734 e. The Morgan fingerprint density at radius 1 is 0.618 bits per heavy atom. The van der Waals surface area contributed by atoms with E-state index < -0.39 is 0 Å². The Labute approximate surface area is 247 Å². The number of aromatic nitrogens is 8. The standard InChI is InChI=1S/2C8H6N5O.2C2H6.2Y/c2*14-11-7(8-9-12-13-10-8)6-4-2-1-3-5-6;2*1-2;;/h2*1-5H,(H-,9,10,12,13,14);2*1-2H3;;/q2*-1;;;;/p-2/b11-7+;11-7-;;;;. The van der Waals surface area contributed by atoms with E-state index >= 15 is 0 Å². The first-order valence-electron chi connectivity index (χ1n) is 9.73. The molecule has 0 amide bonds. The summed E-state index contributed by atoms with van der Waals surface area (Å²) in [5, 5.41) is 54.3. The summed E-state index contributed by atoms with van der Waals surface area (Å²) in [4.78, 5) is 0. The van der Waals surface area contributed by atoms with Crippen LogP contribution < -0.4 is 10.2 Å². The van der Waals surface area contributed by atoms with Crippen molar-refractivity contribution in [2.45, 2.75) is 27.7 Å². The molecule has 174 valence electrons. The van der Waals surface area contributed by atoms with Gasteiger partial charge < -0.3 is 30.9 Å². The first-order valence-corrected chi connectivity index (χ1v) is 9.73. The molecule has 0 unspecified atom stereocenters. The van der Waals surface area contributed by atoms with Gasteiger partial charge in [0.1, 0.15) is 0 Å². The van der Waals surface area contributed by atoms with Gasteiger partial charge in [0.15, 0.2) is 0 Å². The van der Waals surface area contributed by atoms with E-state index in [2.05, 4.69) is 51.6 Å². The molecule has 0 spiro atoms. The van der Waals surface area contributed by atoms with Crippen molar-refractivity contribution in [1.29, 1.82) is 0 Å². The summed E-state index contributed by atoms with van der Waals surface area (Å²) in [6.07, 6.45) is 0. The van der Waals surface area contributed by atoms with Crippen LogP contribution in [0.15, 0.2) is 71.0 Å². The minimum atomic E-state index is 0. The molecule has 0 aliphatic rings. The zero-order valence-corrected chi connectivity index (χ0v) is 24.9. The molecule has 2 radical (unpaired) electrons. The van der Waals surface area contributed by atoms with Gasteiger partial charge in [0.2, 0.25) is 0 Å². The molecule has 2 aromatic carbocycles. The van der Waals surface area contributed by atoms with Gasteiger partial charge in [0.05, 0.1) is 23.1 Å². The van der Waals surface area contributed by atoms with Crippen LogP contribution >= 0.6 is 0 Å². The topological polar surface area (TPSA) is 176 Å². The molecule has 0 N–H and O–H groups in total. The molecule has 12 nitrogen and oxygen atoms in total. The zero-order chi connectivity index (χ0) is 23.6. The summed E-state index contributed by atoms with van der Waals surface area (Å²) in [6.45, 7) is 8.00. The second kappa shape index (κ2) is 21.3. The molecule has 2 aromatic heterocycles. The van der Waals surface area contributed by atoms with Crippen molar-refractivity contribution < 1.29 is 65.4 Å². The van der Waals surface area contributed by atoms with Gasteiger partial charge in [-0.1, -0.05) is 88.4 Å². The molecule has 0 aliphatic heterocycles. The van der Waals surface area contributed by atoms with Gasteiger partial charge in [-0.25, -0.2) is 0 Å². The van der Waals surface area contributed by atoms with E-state index in [1.807, 2.05) is 39.8 Å². The van der Waals surface area contributed by atoms with Gasteiger partial charge in [0, 0.05) is 76.5 Å². The van der Waals surface area contributed by atoms with Gasteiger partial charge >= 0.3 is 0 Å². The second-order valence-corrected chi connectivity index (χ2v) is 5.02. The molecule has 34 heavy (non-hydrogen) atoms. The van der Waals surface area contributed by atoms with Crippen LogP contribution in [-0.2, 0) is 65.4 Å². The van der Waals surface area contributed by atoms with Crippen molar-refractivity contribution in [3.05, 3.63) is 93.9 Å². The van der Waals surface area contributed by atoms with Crippen molar-refractivity contribution >= 4 is 11.4 Å². The average Bonchev–Trinajstić information content (AvgIpc) is 3.60. The summed E-state index contributed by atoms with van der Waals surface area (Å²) < 4.78 is 0. The van der Waals surface area contributed by atoms with Crippen LogP contribution in [0.25, 0.3) is 0 Å². The van der Waals surface area contributed by atoms with Gasteiger partial charge in [0.25, 0.3) is 0 Å². The minimum absolute atomic E-state index is 0. The van der Waals surface area contributed by atoms with Crippen LogP contribution in [0.2, 0.25) is 0 Å². The Hall–Kier alpha value is -2.27. The van der Waals surface area contributed by atoms with E-state index in [0.29, 0.717) is 11.1 Å². The SMILES string of the molecule is CC.CC.[O-]/N=C(/c1ccccc1)c1nnn[n-]1.[O-]/N=C(\c1ccccc1)c1nnn[n-]1.[Y].[Y]. The fourth-order valence-electron chi connectivity index (χ4n) is 2.12. The molecule has 4 aromatic rings. The van der Waals surface area contributed by atoms with E-state index in [1.54, 1.807) is 48.5 Å². The van der Waals surface area contributed by atoms with Gasteiger partial charge in [-0.05, 0) is 0 Å². The summed E-state index contributed by atoms with van der Waals surface area (Å²) in [7, 11) is 0. The summed E-state index contributed by atoms with van der Waals surface area (Å²) in [5.41, 5.74) is 1.60. The predicted octanol–water partition coefficient (Wildman–Crippen LogP) is 2.38. The largest absolute Gasteiger partial charge is 0.791 e. The maximum absolute atomic E-state index is 10.6. The van der Waals surface area contributed by atoms with E-state index in [1.165, 1.54) is 0 Å². The Kier molecular flexibility index (Phi) is 21.2. The Bertz CT molecular complexity index is 944. The van der Waals surface area contributed by atoms with Crippen molar-refractivity contribution in [2.24, 2.45) is 10.3 Å². The van der Waals surface area contributed by atoms with Gasteiger partial charge in [-0.3, -0.25) is 20.6 Å². The number of hydrogen-bond donors (Lipinski definition) is 0. The average molecular weight is 612 g/mol. The van der Waals surface area contributed by atoms with E-state index in [4.69, 9.17) is 0 Å². The van der Waals surface area contributed by atoms with E-state index in [-0.39, 0.29) is 88.5 Å². The smallest absolute Gasteiger partial charge is 0.0734 e. The van der Waals surface area contributed by atoms with Crippen LogP contribution in [-0.4, -0.2) is 42.5 Å². The Morgan fingerprint density at radius 3 is 1.18 bits per heavy atom. The monoisotopic (exact) mass is 612 g/mol. The first-order chi connectivity index (χ1) is 15.8. The van der Waals surface area contributed by atoms with Crippen LogP contribution in [0.5, 0.6) is 0 Å². The van der Waals surface area contributed by atoms with Crippen LogP contribution in [0.4, 0.5) is 0 Å². The molecule has 0 fully saturated rings. The molecule has 0 saturated carbocycles. The predicted molar refractivity (Wildman–Crippen MR) is 120 cm³/mol. The Morgan fingerprint density at radius 2 is 0.941 bits per heavy atom. The van der Waals surface area contributed by atoms with Crippen LogP contribution in [0.1, 0.15) is 50.5 Å². The van der Waals surface area contributed by atoms with E-state index in [9.17, 15) is 10.4 Å². The van der Waals surface area contributed by atoms with Crippen molar-refractivity contribution in [3.8, 4) is 0 Å². The molecule has 4 rings (SSSR count). The molecule has 14 heteroatoms. The van der Waals surface area contributed by atoms with Gasteiger partial charge in [-0.2, -0.15) is 10.4 Å². The minimum Gasteiger partial charge on any atom is -0.791 e. The number of nitrogens with zero attached hydrogens (tertiary/aromatic N) is 10. The third-order valence-corrected chi connectivity index (χ3v) is 3.34. The van der Waals surface area contributed by atoms with Crippen LogP contribution in [0.3, 0.4) is 0 Å². The van der Waals surface area contributed by atoms with Crippen molar-refractivity contribution in [1.82, 2.24) is 41.2 Å². The molecule has 0 aliphatic carbocycles. The zero-order valence-electron chi connectivity index (χ0n) is 19.2. The van der Waals surface area contributed by atoms with Crippen molar-refractivity contribution in [3.63, 3.8) is 0 Å². The third-order valence-electron chi connectivity index (χ3n) is 3.34. The van der Waals surface area contributed by atoms with Crippen LogP contribution in [0, 0.1) is 10.4 Å². The van der Waals surface area contributed by atoms with Gasteiger partial charge in [-0.15, -0.1) is 0 Å². The summed E-state index contributed by atoms with van der Waals surface area (Å²) in [5.74, 6) is 0.289. The molecular weight excluding hydrogens is 590 g/mol. The number of hydrogen-bond acceptors (Lipinski definition) is 10. The molecule has 0 saturated heterocycles. The van der Waals surface area contributed by atoms with Crippen molar-refractivity contribution in [2.75, 3.05) is 0 Å². The van der Waals surface area contributed by atoms with E-state index in [0.717, 1.165) is 0 Å². The quantitative estimate of drug-likeness (QED) is 0.246. The number of tetrazole rings is 2. The number of rotatable bonds is 4. The molecule has 2 heterocycles. The number of benzene rings is 2. The molecular formula is C20H22N10O2Y2-4. The second-order valence-electron chi connectivity index (χ2n) is 5.02. The third kappa shape index (κ3) is 10.8. The maximum atomic E-state index is 10.6. The first kappa shape index (κ1) is 33.9. The summed E-state index contributed by atoms with van der Waals surface area (Å²) >= 11 is 0.